The van der Waals surface area contributed by atoms with Crippen molar-refractivity contribution in [2.24, 2.45) is 0 Å². The SMILES string of the molecule is Cc1noc(-c2ccc(C(=O)N3CCCN(C(C)C)CC3)cc2)n1.Cl. The van der Waals surface area contributed by atoms with Crippen LogP contribution in [0.25, 0.3) is 11.5 Å². The maximum atomic E-state index is 12.7. The molecule has 0 spiro atoms. The molecule has 0 bridgehead atoms. The molecule has 0 saturated carbocycles. The Balaban J connectivity index is 0.00000225. The zero-order valence-electron chi connectivity index (χ0n) is 14.9. The van der Waals surface area contributed by atoms with Gasteiger partial charge in [0.2, 0.25) is 0 Å². The fourth-order valence-corrected chi connectivity index (χ4v) is 3.01. The lowest BCUT2D eigenvalue weighted by Crippen LogP contribution is -2.37. The van der Waals surface area contributed by atoms with Crippen LogP contribution in [0.2, 0.25) is 0 Å². The van der Waals surface area contributed by atoms with E-state index in [1.165, 1.54) is 0 Å². The van der Waals surface area contributed by atoms with Crippen LogP contribution in [-0.2, 0) is 0 Å². The molecule has 0 radical (unpaired) electrons. The van der Waals surface area contributed by atoms with Crippen molar-refractivity contribution in [1.29, 1.82) is 0 Å². The van der Waals surface area contributed by atoms with Gasteiger partial charge in [-0.25, -0.2) is 0 Å². The Labute approximate surface area is 154 Å². The molecule has 0 atom stereocenters. The van der Waals surface area contributed by atoms with E-state index in [9.17, 15) is 4.79 Å². The highest BCUT2D eigenvalue weighted by Crippen LogP contribution is 2.19. The summed E-state index contributed by atoms with van der Waals surface area (Å²) < 4.78 is 5.16. The molecule has 2 heterocycles. The van der Waals surface area contributed by atoms with E-state index in [-0.39, 0.29) is 18.3 Å². The number of aromatic nitrogens is 2. The first kappa shape index (κ1) is 19.4. The minimum atomic E-state index is 0. The maximum Gasteiger partial charge on any atom is 0.257 e. The van der Waals surface area contributed by atoms with Gasteiger partial charge in [-0.1, -0.05) is 5.16 Å². The number of rotatable bonds is 3. The number of carbonyl (C=O) groups is 1. The normalized spacial score (nSPS) is 15.8. The number of hydrogen-bond donors (Lipinski definition) is 0. The summed E-state index contributed by atoms with van der Waals surface area (Å²) in [7, 11) is 0. The van der Waals surface area contributed by atoms with Gasteiger partial charge in [0.15, 0.2) is 5.82 Å². The van der Waals surface area contributed by atoms with Gasteiger partial charge in [0, 0.05) is 43.3 Å². The highest BCUT2D eigenvalue weighted by molar-refractivity contribution is 5.94. The Bertz CT molecular complexity index is 699. The van der Waals surface area contributed by atoms with Crippen molar-refractivity contribution in [2.75, 3.05) is 26.2 Å². The van der Waals surface area contributed by atoms with Crippen LogP contribution in [-0.4, -0.2) is 58.1 Å². The number of amides is 1. The van der Waals surface area contributed by atoms with Crippen LogP contribution >= 0.6 is 12.4 Å². The average Bonchev–Trinajstić information content (AvgIpc) is 2.86. The minimum absolute atomic E-state index is 0. The number of carbonyl (C=O) groups excluding carboxylic acids is 1. The molecule has 1 aliphatic rings. The van der Waals surface area contributed by atoms with Gasteiger partial charge >= 0.3 is 0 Å². The van der Waals surface area contributed by atoms with Crippen LogP contribution in [0.5, 0.6) is 0 Å². The zero-order chi connectivity index (χ0) is 17.1. The van der Waals surface area contributed by atoms with E-state index in [1.807, 2.05) is 29.2 Å². The lowest BCUT2D eigenvalue weighted by molar-refractivity contribution is 0.0759. The van der Waals surface area contributed by atoms with Crippen LogP contribution in [0.1, 0.15) is 36.5 Å². The molecule has 1 fully saturated rings. The Morgan fingerprint density at radius 3 is 2.44 bits per heavy atom. The third kappa shape index (κ3) is 4.58. The molecule has 1 aromatic carbocycles. The van der Waals surface area contributed by atoms with Gasteiger partial charge < -0.3 is 9.42 Å². The molecular weight excluding hydrogens is 340 g/mol. The standard InChI is InChI=1S/C18H24N4O2.ClH/c1-13(2)21-9-4-10-22(12-11-21)18(23)16-7-5-15(6-8-16)17-19-14(3)20-24-17;/h5-8,13H,4,9-12H2,1-3H3;1H. The first-order chi connectivity index (χ1) is 11.5. The molecular formula is C18H25ClN4O2. The monoisotopic (exact) mass is 364 g/mol. The van der Waals surface area contributed by atoms with E-state index in [2.05, 4.69) is 28.9 Å². The van der Waals surface area contributed by atoms with E-state index < -0.39 is 0 Å². The second-order valence-electron chi connectivity index (χ2n) is 6.50. The Morgan fingerprint density at radius 2 is 1.84 bits per heavy atom. The molecule has 0 aliphatic carbocycles. The summed E-state index contributed by atoms with van der Waals surface area (Å²) in [6, 6.07) is 7.92. The molecule has 0 unspecified atom stereocenters. The molecule has 1 amide bonds. The summed E-state index contributed by atoms with van der Waals surface area (Å²) in [5.74, 6) is 1.17. The predicted molar refractivity (Wildman–Crippen MR) is 98.9 cm³/mol. The van der Waals surface area contributed by atoms with Gasteiger partial charge in [0.25, 0.3) is 11.8 Å². The smallest absolute Gasteiger partial charge is 0.257 e. The minimum Gasteiger partial charge on any atom is -0.337 e. The molecule has 1 aromatic heterocycles. The van der Waals surface area contributed by atoms with Crippen molar-refractivity contribution in [2.45, 2.75) is 33.2 Å². The van der Waals surface area contributed by atoms with E-state index in [4.69, 9.17) is 4.52 Å². The summed E-state index contributed by atoms with van der Waals surface area (Å²) in [6.07, 6.45) is 1.02. The van der Waals surface area contributed by atoms with E-state index in [0.717, 1.165) is 38.2 Å². The van der Waals surface area contributed by atoms with Crippen molar-refractivity contribution >= 4 is 18.3 Å². The fraction of sp³-hybridized carbons (Fsp3) is 0.500. The summed E-state index contributed by atoms with van der Waals surface area (Å²) >= 11 is 0. The van der Waals surface area contributed by atoms with Gasteiger partial charge in [-0.05, 0) is 51.5 Å². The summed E-state index contributed by atoms with van der Waals surface area (Å²) in [4.78, 5) is 21.3. The van der Waals surface area contributed by atoms with Crippen LogP contribution in [0, 0.1) is 6.92 Å². The van der Waals surface area contributed by atoms with Crippen molar-refractivity contribution in [3.05, 3.63) is 35.7 Å². The van der Waals surface area contributed by atoms with E-state index >= 15 is 0 Å². The fourth-order valence-electron chi connectivity index (χ4n) is 3.01. The highest BCUT2D eigenvalue weighted by atomic mass is 35.5. The molecule has 3 rings (SSSR count). The van der Waals surface area contributed by atoms with Crippen LogP contribution < -0.4 is 0 Å². The molecule has 1 aliphatic heterocycles. The first-order valence-electron chi connectivity index (χ1n) is 8.48. The van der Waals surface area contributed by atoms with E-state index in [0.29, 0.717) is 23.3 Å². The summed E-state index contributed by atoms with van der Waals surface area (Å²) in [5.41, 5.74) is 1.53. The molecule has 136 valence electrons. The Kier molecular flexibility index (Phi) is 6.56. The van der Waals surface area contributed by atoms with Crippen molar-refractivity contribution in [1.82, 2.24) is 19.9 Å². The van der Waals surface area contributed by atoms with Crippen molar-refractivity contribution < 1.29 is 9.32 Å². The van der Waals surface area contributed by atoms with Gasteiger partial charge in [0.1, 0.15) is 0 Å². The maximum absolute atomic E-state index is 12.7. The van der Waals surface area contributed by atoms with Crippen LogP contribution in [0.4, 0.5) is 0 Å². The Morgan fingerprint density at radius 1 is 1.12 bits per heavy atom. The van der Waals surface area contributed by atoms with Gasteiger partial charge in [-0.15, -0.1) is 12.4 Å². The number of halogens is 1. The second kappa shape index (κ2) is 8.45. The molecule has 25 heavy (non-hydrogen) atoms. The van der Waals surface area contributed by atoms with Crippen molar-refractivity contribution in [3.63, 3.8) is 0 Å². The molecule has 1 saturated heterocycles. The van der Waals surface area contributed by atoms with Gasteiger partial charge in [-0.2, -0.15) is 4.98 Å². The summed E-state index contributed by atoms with van der Waals surface area (Å²) in [5, 5.41) is 3.79. The predicted octanol–water partition coefficient (Wildman–Crippen LogP) is 3.02. The topological polar surface area (TPSA) is 62.5 Å². The van der Waals surface area contributed by atoms with Crippen LogP contribution in [0.3, 0.4) is 0 Å². The average molecular weight is 365 g/mol. The molecule has 6 nitrogen and oxygen atoms in total. The summed E-state index contributed by atoms with van der Waals surface area (Å²) in [6.45, 7) is 9.77. The number of aryl methyl sites for hydroxylation is 1. The van der Waals surface area contributed by atoms with E-state index in [1.54, 1.807) is 6.92 Å². The van der Waals surface area contributed by atoms with Crippen LogP contribution in [0.15, 0.2) is 28.8 Å². The van der Waals surface area contributed by atoms with Gasteiger partial charge in [0.05, 0.1) is 0 Å². The second-order valence-corrected chi connectivity index (χ2v) is 6.50. The quantitative estimate of drug-likeness (QED) is 0.837. The molecule has 0 N–H and O–H groups in total. The highest BCUT2D eigenvalue weighted by Gasteiger charge is 2.21. The third-order valence-electron chi connectivity index (χ3n) is 4.45. The number of nitrogens with zero attached hydrogens (tertiary/aromatic N) is 4. The molecule has 2 aromatic rings. The van der Waals surface area contributed by atoms with Gasteiger partial charge in [-0.3, -0.25) is 9.69 Å². The third-order valence-corrected chi connectivity index (χ3v) is 4.45. The lowest BCUT2D eigenvalue weighted by Gasteiger charge is -2.25. The molecule has 7 heteroatoms. The van der Waals surface area contributed by atoms with Crippen molar-refractivity contribution in [3.8, 4) is 11.5 Å². The Hall–Kier alpha value is -1.92. The zero-order valence-corrected chi connectivity index (χ0v) is 15.8. The first-order valence-corrected chi connectivity index (χ1v) is 8.48. The largest absolute Gasteiger partial charge is 0.337 e. The number of benzene rings is 1. The number of hydrogen-bond acceptors (Lipinski definition) is 5. The lowest BCUT2D eigenvalue weighted by atomic mass is 10.1.